The van der Waals surface area contributed by atoms with E-state index in [9.17, 15) is 4.79 Å². The van der Waals surface area contributed by atoms with Gasteiger partial charge in [0.1, 0.15) is 5.76 Å². The molecular weight excluding hydrogens is 132 g/mol. The molecule has 0 saturated heterocycles. The van der Waals surface area contributed by atoms with Crippen LogP contribution < -0.4 is 0 Å². The summed E-state index contributed by atoms with van der Waals surface area (Å²) in [5.41, 5.74) is 0. The summed E-state index contributed by atoms with van der Waals surface area (Å²) in [5.74, 6) is 0.618. The van der Waals surface area contributed by atoms with Gasteiger partial charge in [0.05, 0.1) is 0 Å². The van der Waals surface area contributed by atoms with E-state index >= 15 is 0 Å². The third kappa shape index (κ3) is 1.70. The molecule has 0 aromatic carbocycles. The first kappa shape index (κ1) is 7.02. The van der Waals surface area contributed by atoms with Crippen LogP contribution in [0.25, 0.3) is 0 Å². The van der Waals surface area contributed by atoms with Crippen LogP contribution in [-0.2, 0) is 9.53 Å². The van der Waals surface area contributed by atoms with Crippen molar-refractivity contribution in [3.05, 3.63) is 24.0 Å². The van der Waals surface area contributed by atoms with Crippen molar-refractivity contribution in [2.24, 2.45) is 0 Å². The average Bonchev–Trinajstić information content (AvgIpc) is 1.95. The first-order chi connectivity index (χ1) is 4.83. The number of allylic oxidation sites excluding steroid dienone is 3. The highest BCUT2D eigenvalue weighted by Gasteiger charge is 2.02. The van der Waals surface area contributed by atoms with E-state index in [4.69, 9.17) is 9.84 Å². The average molecular weight is 140 g/mol. The molecular formula is C7H8O3. The molecule has 10 heavy (non-hydrogen) atoms. The van der Waals surface area contributed by atoms with Crippen molar-refractivity contribution in [2.75, 3.05) is 6.79 Å². The molecule has 1 rings (SSSR count). The molecule has 0 saturated carbocycles. The van der Waals surface area contributed by atoms with Gasteiger partial charge >= 0.3 is 0 Å². The van der Waals surface area contributed by atoms with Gasteiger partial charge < -0.3 is 9.84 Å². The van der Waals surface area contributed by atoms with Crippen LogP contribution in [0.1, 0.15) is 6.42 Å². The highest BCUT2D eigenvalue weighted by atomic mass is 16.6. The molecule has 1 aliphatic rings. The van der Waals surface area contributed by atoms with E-state index in [1.54, 1.807) is 12.2 Å². The van der Waals surface area contributed by atoms with Crippen molar-refractivity contribution < 1.29 is 14.6 Å². The van der Waals surface area contributed by atoms with Crippen molar-refractivity contribution in [1.82, 2.24) is 0 Å². The maximum absolute atomic E-state index is 10.6. The topological polar surface area (TPSA) is 46.5 Å². The van der Waals surface area contributed by atoms with Crippen LogP contribution in [-0.4, -0.2) is 17.7 Å². The minimum atomic E-state index is -0.343. The van der Waals surface area contributed by atoms with Gasteiger partial charge in [-0.1, -0.05) is 0 Å². The van der Waals surface area contributed by atoms with Crippen LogP contribution in [0.5, 0.6) is 0 Å². The molecule has 1 aliphatic carbocycles. The van der Waals surface area contributed by atoms with E-state index in [0.717, 1.165) is 0 Å². The minimum Gasteiger partial charge on any atom is -0.468 e. The Morgan fingerprint density at radius 2 is 2.40 bits per heavy atom. The molecule has 0 aliphatic heterocycles. The predicted octanol–water partition coefficient (Wildman–Crippen LogP) is 0.366. The molecule has 0 unspecified atom stereocenters. The molecule has 0 fully saturated rings. The van der Waals surface area contributed by atoms with Gasteiger partial charge in [0.25, 0.3) is 0 Å². The Labute approximate surface area is 58.6 Å². The molecule has 0 amide bonds. The summed E-state index contributed by atoms with van der Waals surface area (Å²) in [6.07, 6.45) is 4.98. The van der Waals surface area contributed by atoms with Crippen molar-refractivity contribution in [3.63, 3.8) is 0 Å². The van der Waals surface area contributed by atoms with Gasteiger partial charge in [-0.3, -0.25) is 4.79 Å². The number of ether oxygens (including phenoxy) is 1. The van der Waals surface area contributed by atoms with E-state index in [-0.39, 0.29) is 12.6 Å². The lowest BCUT2D eigenvalue weighted by Crippen LogP contribution is -1.99. The van der Waals surface area contributed by atoms with Crippen LogP contribution in [0.2, 0.25) is 0 Å². The summed E-state index contributed by atoms with van der Waals surface area (Å²) in [6.45, 7) is -0.343. The lowest BCUT2D eigenvalue weighted by molar-refractivity contribution is -0.114. The second-order valence-corrected chi connectivity index (χ2v) is 1.88. The smallest absolute Gasteiger partial charge is 0.186 e. The Morgan fingerprint density at radius 3 is 2.90 bits per heavy atom. The summed E-state index contributed by atoms with van der Waals surface area (Å²) < 4.78 is 4.71. The Morgan fingerprint density at radius 1 is 1.60 bits per heavy atom. The lowest BCUT2D eigenvalue weighted by Gasteiger charge is -2.04. The molecule has 54 valence electrons. The predicted molar refractivity (Wildman–Crippen MR) is 35.0 cm³/mol. The van der Waals surface area contributed by atoms with Gasteiger partial charge in [-0.2, -0.15) is 0 Å². The maximum Gasteiger partial charge on any atom is 0.186 e. The van der Waals surface area contributed by atoms with Gasteiger partial charge in [-0.25, -0.2) is 0 Å². The Kier molecular flexibility index (Phi) is 2.23. The summed E-state index contributed by atoms with van der Waals surface area (Å²) in [6, 6.07) is 0. The molecule has 3 nitrogen and oxygen atoms in total. The van der Waals surface area contributed by atoms with Crippen LogP contribution in [0.3, 0.4) is 0 Å². The van der Waals surface area contributed by atoms with Gasteiger partial charge in [-0.15, -0.1) is 0 Å². The lowest BCUT2D eigenvalue weighted by atomic mass is 10.1. The molecule has 3 heteroatoms. The van der Waals surface area contributed by atoms with Gasteiger partial charge in [0.15, 0.2) is 12.6 Å². The normalized spacial score (nSPS) is 16.9. The van der Waals surface area contributed by atoms with Gasteiger partial charge in [0.2, 0.25) is 0 Å². The van der Waals surface area contributed by atoms with Gasteiger partial charge in [0, 0.05) is 6.42 Å². The zero-order valence-electron chi connectivity index (χ0n) is 5.41. The van der Waals surface area contributed by atoms with Gasteiger partial charge in [-0.05, 0) is 18.2 Å². The number of aliphatic hydroxyl groups excluding tert-OH is 1. The fourth-order valence-electron chi connectivity index (χ4n) is 0.694. The quantitative estimate of drug-likeness (QED) is 0.563. The summed E-state index contributed by atoms with van der Waals surface area (Å²) in [5, 5.41) is 8.30. The number of ketones is 1. The number of aliphatic hydroxyl groups is 1. The van der Waals surface area contributed by atoms with Crippen molar-refractivity contribution in [1.29, 1.82) is 0 Å². The number of carbonyl (C=O) groups excluding carboxylic acids is 1. The van der Waals surface area contributed by atoms with Crippen LogP contribution in [0.15, 0.2) is 24.0 Å². The SMILES string of the molecule is O=C1C=CC(OCO)=CC1. The zero-order chi connectivity index (χ0) is 7.40. The number of hydrogen-bond acceptors (Lipinski definition) is 3. The van der Waals surface area contributed by atoms with Crippen LogP contribution >= 0.6 is 0 Å². The standard InChI is InChI=1S/C7H8O3/c8-5-10-7-3-1-6(9)2-4-7/h1,3-4,8H,2,5H2. The van der Waals surface area contributed by atoms with Crippen molar-refractivity contribution in [2.45, 2.75) is 6.42 Å². The maximum atomic E-state index is 10.6. The molecule has 0 bridgehead atoms. The second-order valence-electron chi connectivity index (χ2n) is 1.88. The second kappa shape index (κ2) is 3.17. The number of carbonyl (C=O) groups is 1. The Balaban J connectivity index is 2.50. The monoisotopic (exact) mass is 140 g/mol. The van der Waals surface area contributed by atoms with E-state index in [1.807, 2.05) is 0 Å². The summed E-state index contributed by atoms with van der Waals surface area (Å²) in [7, 11) is 0. The number of rotatable bonds is 2. The van der Waals surface area contributed by atoms with E-state index < -0.39 is 0 Å². The molecule has 0 aromatic rings. The third-order valence-electron chi connectivity index (χ3n) is 1.17. The molecule has 0 radical (unpaired) electrons. The third-order valence-corrected chi connectivity index (χ3v) is 1.17. The molecule has 0 spiro atoms. The Bertz CT molecular complexity index is 191. The van der Waals surface area contributed by atoms with E-state index in [0.29, 0.717) is 12.2 Å². The molecule has 0 atom stereocenters. The van der Waals surface area contributed by atoms with Crippen LogP contribution in [0, 0.1) is 0 Å². The molecule has 0 heterocycles. The first-order valence-corrected chi connectivity index (χ1v) is 2.97. The largest absolute Gasteiger partial charge is 0.468 e. The summed E-state index contributed by atoms with van der Waals surface area (Å²) in [4.78, 5) is 10.6. The van der Waals surface area contributed by atoms with Crippen molar-refractivity contribution in [3.8, 4) is 0 Å². The van der Waals surface area contributed by atoms with E-state index in [1.165, 1.54) is 6.08 Å². The van der Waals surface area contributed by atoms with Crippen LogP contribution in [0.4, 0.5) is 0 Å². The zero-order valence-corrected chi connectivity index (χ0v) is 5.41. The summed E-state index contributed by atoms with van der Waals surface area (Å²) >= 11 is 0. The fraction of sp³-hybridized carbons (Fsp3) is 0.286. The van der Waals surface area contributed by atoms with E-state index in [2.05, 4.69) is 0 Å². The fourth-order valence-corrected chi connectivity index (χ4v) is 0.694. The minimum absolute atomic E-state index is 0.0605. The molecule has 0 aromatic heterocycles. The highest BCUT2D eigenvalue weighted by Crippen LogP contribution is 2.07. The number of hydrogen-bond donors (Lipinski definition) is 1. The first-order valence-electron chi connectivity index (χ1n) is 2.97. The highest BCUT2D eigenvalue weighted by molar-refractivity contribution is 5.92. The molecule has 1 N–H and O–H groups in total. The Hall–Kier alpha value is -1.09. The van der Waals surface area contributed by atoms with Crippen molar-refractivity contribution >= 4 is 5.78 Å².